The Kier molecular flexibility index (Phi) is 8.11. The van der Waals surface area contributed by atoms with E-state index in [9.17, 15) is 0 Å². The van der Waals surface area contributed by atoms with Gasteiger partial charge in [-0.1, -0.05) is 56.0 Å². The molecule has 11 heavy (non-hydrogen) atoms. The summed E-state index contributed by atoms with van der Waals surface area (Å²) in [5.41, 5.74) is 0. The van der Waals surface area contributed by atoms with Crippen molar-refractivity contribution in [3.05, 3.63) is 49.1 Å². The lowest BCUT2D eigenvalue weighted by Gasteiger charge is -1.79. The smallest absolute Gasteiger partial charge is 0.0166 e. The number of rotatable bonds is 5. The van der Waals surface area contributed by atoms with Gasteiger partial charge in [-0.3, -0.25) is 0 Å². The van der Waals surface area contributed by atoms with Crippen LogP contribution in [0.4, 0.5) is 0 Å². The van der Waals surface area contributed by atoms with Crippen LogP contribution < -0.4 is 0 Å². The van der Waals surface area contributed by atoms with Crippen LogP contribution in [-0.4, -0.2) is 0 Å². The van der Waals surface area contributed by atoms with Crippen LogP contribution in [0.3, 0.4) is 0 Å². The Morgan fingerprint density at radius 3 is 2.45 bits per heavy atom. The second-order valence-corrected chi connectivity index (χ2v) is 2.16. The van der Waals surface area contributed by atoms with Crippen molar-refractivity contribution in [2.45, 2.75) is 19.8 Å². The summed E-state index contributed by atoms with van der Waals surface area (Å²) >= 11 is 0. The summed E-state index contributed by atoms with van der Waals surface area (Å²) in [7, 11) is 0. The third-order valence-corrected chi connectivity index (χ3v) is 1.17. The van der Waals surface area contributed by atoms with Crippen molar-refractivity contribution in [3.63, 3.8) is 0 Å². The third-order valence-electron chi connectivity index (χ3n) is 1.17. The SMILES string of the molecule is C=C/C=C\C=C/C/C=C/CC. The quantitative estimate of drug-likeness (QED) is 0.412. The van der Waals surface area contributed by atoms with Crippen LogP contribution in [-0.2, 0) is 0 Å². The zero-order valence-electron chi connectivity index (χ0n) is 7.16. The fraction of sp³-hybridized carbons (Fsp3) is 0.273. The van der Waals surface area contributed by atoms with Crippen molar-refractivity contribution in [1.82, 2.24) is 0 Å². The predicted molar refractivity (Wildman–Crippen MR) is 52.5 cm³/mol. The van der Waals surface area contributed by atoms with E-state index in [0.717, 1.165) is 12.8 Å². The van der Waals surface area contributed by atoms with Crippen molar-refractivity contribution in [2.75, 3.05) is 0 Å². The molecule has 0 rings (SSSR count). The Hall–Kier alpha value is -1.04. The standard InChI is InChI=1S/C11H16/c1-3-5-7-9-11-10-8-6-4-2/h3,5-9,11H,1,4,10H2,2H3/b7-5-,8-6+,11-9-. The summed E-state index contributed by atoms with van der Waals surface area (Å²) < 4.78 is 0. The van der Waals surface area contributed by atoms with Crippen LogP contribution in [0.5, 0.6) is 0 Å². The second-order valence-electron chi connectivity index (χ2n) is 2.16. The lowest BCUT2D eigenvalue weighted by Crippen LogP contribution is -1.57. The van der Waals surface area contributed by atoms with Crippen molar-refractivity contribution < 1.29 is 0 Å². The molecule has 0 nitrogen and oxygen atoms in total. The molecule has 0 fully saturated rings. The summed E-state index contributed by atoms with van der Waals surface area (Å²) in [6, 6.07) is 0. The molecule has 0 aliphatic heterocycles. The number of allylic oxidation sites excluding steroid dienone is 7. The van der Waals surface area contributed by atoms with Gasteiger partial charge in [0.2, 0.25) is 0 Å². The molecule has 0 heteroatoms. The fourth-order valence-corrected chi connectivity index (χ4v) is 0.641. The maximum Gasteiger partial charge on any atom is -0.0166 e. The molecular weight excluding hydrogens is 132 g/mol. The van der Waals surface area contributed by atoms with E-state index in [2.05, 4.69) is 31.7 Å². The summed E-state index contributed by atoms with van der Waals surface area (Å²) in [5.74, 6) is 0. The van der Waals surface area contributed by atoms with E-state index in [1.54, 1.807) is 6.08 Å². The highest BCUT2D eigenvalue weighted by atomic mass is 13.7. The molecular formula is C11H16. The van der Waals surface area contributed by atoms with Crippen molar-refractivity contribution >= 4 is 0 Å². The fourth-order valence-electron chi connectivity index (χ4n) is 0.641. The van der Waals surface area contributed by atoms with E-state index in [-0.39, 0.29) is 0 Å². The van der Waals surface area contributed by atoms with E-state index in [1.165, 1.54) is 0 Å². The molecule has 0 aromatic heterocycles. The molecule has 0 saturated heterocycles. The molecule has 0 bridgehead atoms. The minimum Gasteiger partial charge on any atom is -0.0991 e. The average molecular weight is 148 g/mol. The molecule has 0 spiro atoms. The molecule has 0 aromatic carbocycles. The van der Waals surface area contributed by atoms with Gasteiger partial charge in [0.05, 0.1) is 0 Å². The third kappa shape index (κ3) is 8.96. The van der Waals surface area contributed by atoms with Gasteiger partial charge in [-0.25, -0.2) is 0 Å². The van der Waals surface area contributed by atoms with Crippen LogP contribution in [0.1, 0.15) is 19.8 Å². The largest absolute Gasteiger partial charge is 0.0991 e. The Morgan fingerprint density at radius 1 is 1.00 bits per heavy atom. The van der Waals surface area contributed by atoms with Crippen LogP contribution in [0.2, 0.25) is 0 Å². The van der Waals surface area contributed by atoms with Gasteiger partial charge in [0.25, 0.3) is 0 Å². The molecule has 0 heterocycles. The lowest BCUT2D eigenvalue weighted by molar-refractivity contribution is 1.20. The molecule has 0 aliphatic carbocycles. The highest BCUT2D eigenvalue weighted by Gasteiger charge is 1.67. The summed E-state index contributed by atoms with van der Waals surface area (Å²) in [6.07, 6.45) is 16.3. The maximum absolute atomic E-state index is 3.57. The normalized spacial score (nSPS) is 12.1. The zero-order valence-corrected chi connectivity index (χ0v) is 7.16. The predicted octanol–water partition coefficient (Wildman–Crippen LogP) is 3.64. The molecule has 0 saturated carbocycles. The van der Waals surface area contributed by atoms with E-state index in [1.807, 2.05) is 18.2 Å². The van der Waals surface area contributed by atoms with Gasteiger partial charge in [0.1, 0.15) is 0 Å². The maximum atomic E-state index is 3.57. The van der Waals surface area contributed by atoms with Crippen LogP contribution in [0.15, 0.2) is 49.1 Å². The molecule has 0 radical (unpaired) electrons. The van der Waals surface area contributed by atoms with E-state index in [4.69, 9.17) is 0 Å². The Morgan fingerprint density at radius 2 is 1.82 bits per heavy atom. The number of hydrogen-bond acceptors (Lipinski definition) is 0. The molecule has 0 aliphatic rings. The average Bonchev–Trinajstić information content (AvgIpc) is 2.03. The number of hydrogen-bond donors (Lipinski definition) is 0. The van der Waals surface area contributed by atoms with Gasteiger partial charge in [-0.2, -0.15) is 0 Å². The minimum atomic E-state index is 1.02. The molecule has 0 unspecified atom stereocenters. The first-order chi connectivity index (χ1) is 5.41. The Labute approximate surface area is 69.6 Å². The van der Waals surface area contributed by atoms with Gasteiger partial charge < -0.3 is 0 Å². The lowest BCUT2D eigenvalue weighted by atomic mass is 10.3. The first kappa shape index (κ1) is 9.96. The highest BCUT2D eigenvalue weighted by Crippen LogP contribution is 1.88. The molecule has 0 aromatic rings. The van der Waals surface area contributed by atoms with E-state index >= 15 is 0 Å². The van der Waals surface area contributed by atoms with Crippen molar-refractivity contribution in [3.8, 4) is 0 Å². The summed E-state index contributed by atoms with van der Waals surface area (Å²) in [4.78, 5) is 0. The van der Waals surface area contributed by atoms with Gasteiger partial charge in [0.15, 0.2) is 0 Å². The highest BCUT2D eigenvalue weighted by molar-refractivity contribution is 5.09. The van der Waals surface area contributed by atoms with E-state index < -0.39 is 0 Å². The first-order valence-corrected chi connectivity index (χ1v) is 4.01. The Balaban J connectivity index is 3.36. The van der Waals surface area contributed by atoms with E-state index in [0.29, 0.717) is 0 Å². The summed E-state index contributed by atoms with van der Waals surface area (Å²) in [6.45, 7) is 5.71. The van der Waals surface area contributed by atoms with Gasteiger partial charge in [-0.15, -0.1) is 0 Å². The zero-order chi connectivity index (χ0) is 8.36. The minimum absolute atomic E-state index is 1.02. The summed E-state index contributed by atoms with van der Waals surface area (Å²) in [5, 5.41) is 0. The van der Waals surface area contributed by atoms with Crippen LogP contribution >= 0.6 is 0 Å². The first-order valence-electron chi connectivity index (χ1n) is 4.01. The van der Waals surface area contributed by atoms with Crippen molar-refractivity contribution in [2.24, 2.45) is 0 Å². The molecule has 0 amide bonds. The topological polar surface area (TPSA) is 0 Å². The van der Waals surface area contributed by atoms with Gasteiger partial charge >= 0.3 is 0 Å². The Bertz CT molecular complexity index is 159. The van der Waals surface area contributed by atoms with Crippen LogP contribution in [0, 0.1) is 0 Å². The van der Waals surface area contributed by atoms with Gasteiger partial charge in [0, 0.05) is 0 Å². The van der Waals surface area contributed by atoms with Crippen LogP contribution in [0.25, 0.3) is 0 Å². The molecule has 0 N–H and O–H groups in total. The van der Waals surface area contributed by atoms with Gasteiger partial charge in [-0.05, 0) is 12.8 Å². The second kappa shape index (κ2) is 8.96. The monoisotopic (exact) mass is 148 g/mol. The molecule has 60 valence electrons. The molecule has 0 atom stereocenters. The van der Waals surface area contributed by atoms with Crippen molar-refractivity contribution in [1.29, 1.82) is 0 Å².